The molecule has 0 aromatic heterocycles. The summed E-state index contributed by atoms with van der Waals surface area (Å²) in [5.74, 6) is -0.0955. The zero-order chi connectivity index (χ0) is 13.7. The third-order valence-corrected chi connectivity index (χ3v) is 3.76. The van der Waals surface area contributed by atoms with Crippen LogP contribution in [-0.4, -0.2) is 67.8 Å². The minimum atomic E-state index is -1.68. The number of hydrogen-bond donors (Lipinski definition) is 6. The van der Waals surface area contributed by atoms with Gasteiger partial charge in [0.2, 0.25) is 0 Å². The van der Waals surface area contributed by atoms with Crippen molar-refractivity contribution in [1.29, 1.82) is 0 Å². The van der Waals surface area contributed by atoms with E-state index in [1.165, 1.54) is 0 Å². The molecule has 1 aliphatic carbocycles. The number of hydrogen-bond acceptors (Lipinski definition) is 6. The summed E-state index contributed by atoms with van der Waals surface area (Å²) < 4.78 is 0. The first-order valence-electron chi connectivity index (χ1n) is 6.50. The van der Waals surface area contributed by atoms with Gasteiger partial charge in [-0.1, -0.05) is 19.3 Å². The zero-order valence-corrected chi connectivity index (χ0v) is 10.4. The molecule has 1 aliphatic rings. The fourth-order valence-corrected chi connectivity index (χ4v) is 2.49. The van der Waals surface area contributed by atoms with Gasteiger partial charge in [-0.25, -0.2) is 0 Å². The molecule has 0 radical (unpaired) electrons. The highest BCUT2D eigenvalue weighted by Gasteiger charge is 2.37. The highest BCUT2D eigenvalue weighted by atomic mass is 16.4. The maximum atomic E-state index is 9.95. The van der Waals surface area contributed by atoms with Crippen LogP contribution in [0.25, 0.3) is 0 Å². The minimum Gasteiger partial charge on any atom is -0.394 e. The Balaban J connectivity index is 2.53. The first-order valence-corrected chi connectivity index (χ1v) is 6.50. The Hall–Kier alpha value is -0.240. The molecule has 0 bridgehead atoms. The van der Waals surface area contributed by atoms with Crippen LogP contribution in [0.1, 0.15) is 32.1 Å². The highest BCUT2D eigenvalue weighted by molar-refractivity contribution is 4.88. The summed E-state index contributed by atoms with van der Waals surface area (Å²) in [7, 11) is 0. The van der Waals surface area contributed by atoms with Crippen molar-refractivity contribution in [2.24, 2.45) is 5.92 Å². The normalized spacial score (nSPS) is 26.3. The van der Waals surface area contributed by atoms with Crippen molar-refractivity contribution in [3.63, 3.8) is 0 Å². The Kier molecular flexibility index (Phi) is 6.48. The standard InChI is InChI=1S/C12H24O6/c13-6-8(14)10(16)12(18)11(17)9(15)7-4-2-1-3-5-7/h7-18H,1-6H2. The van der Waals surface area contributed by atoms with E-state index in [1.807, 2.05) is 0 Å². The largest absolute Gasteiger partial charge is 0.394 e. The summed E-state index contributed by atoms with van der Waals surface area (Å²) in [6, 6.07) is 0. The highest BCUT2D eigenvalue weighted by Crippen LogP contribution is 2.28. The van der Waals surface area contributed by atoms with E-state index in [1.54, 1.807) is 0 Å². The predicted molar refractivity (Wildman–Crippen MR) is 63.7 cm³/mol. The second-order valence-electron chi connectivity index (χ2n) is 5.11. The molecule has 0 saturated heterocycles. The third-order valence-electron chi connectivity index (χ3n) is 3.76. The molecule has 6 N–H and O–H groups in total. The molecule has 0 aliphatic heterocycles. The molecule has 18 heavy (non-hydrogen) atoms. The Labute approximate surface area is 107 Å². The predicted octanol–water partition coefficient (Wildman–Crippen LogP) is -1.64. The van der Waals surface area contributed by atoms with Crippen molar-refractivity contribution in [2.75, 3.05) is 6.61 Å². The van der Waals surface area contributed by atoms with E-state index >= 15 is 0 Å². The van der Waals surface area contributed by atoms with Crippen molar-refractivity contribution in [2.45, 2.75) is 62.6 Å². The van der Waals surface area contributed by atoms with Crippen molar-refractivity contribution in [3.05, 3.63) is 0 Å². The Bertz CT molecular complexity index is 223. The van der Waals surface area contributed by atoms with Crippen LogP contribution in [0.4, 0.5) is 0 Å². The molecule has 0 spiro atoms. The van der Waals surface area contributed by atoms with Crippen molar-refractivity contribution < 1.29 is 30.6 Å². The molecule has 1 saturated carbocycles. The molecular weight excluding hydrogens is 240 g/mol. The Morgan fingerprint density at radius 1 is 0.778 bits per heavy atom. The fraction of sp³-hybridized carbons (Fsp3) is 1.00. The second-order valence-corrected chi connectivity index (χ2v) is 5.11. The Morgan fingerprint density at radius 2 is 1.33 bits per heavy atom. The molecule has 1 rings (SSSR count). The molecule has 1 fully saturated rings. The van der Waals surface area contributed by atoms with E-state index in [0.29, 0.717) is 0 Å². The molecule has 0 aromatic carbocycles. The first-order chi connectivity index (χ1) is 8.49. The number of aliphatic hydroxyl groups is 6. The van der Waals surface area contributed by atoms with Gasteiger partial charge in [-0.15, -0.1) is 0 Å². The second kappa shape index (κ2) is 7.37. The van der Waals surface area contributed by atoms with Gasteiger partial charge < -0.3 is 30.6 Å². The zero-order valence-electron chi connectivity index (χ0n) is 10.4. The van der Waals surface area contributed by atoms with Crippen LogP contribution in [0.3, 0.4) is 0 Å². The Morgan fingerprint density at radius 3 is 1.83 bits per heavy atom. The SMILES string of the molecule is OCC(O)C(O)C(O)C(O)C(O)C1CCCCC1. The average molecular weight is 264 g/mol. The van der Waals surface area contributed by atoms with Gasteiger partial charge in [-0.3, -0.25) is 0 Å². The fourth-order valence-electron chi connectivity index (χ4n) is 2.49. The molecule has 0 aromatic rings. The van der Waals surface area contributed by atoms with Crippen LogP contribution >= 0.6 is 0 Å². The molecule has 0 amide bonds. The van der Waals surface area contributed by atoms with Crippen LogP contribution in [0, 0.1) is 5.92 Å². The van der Waals surface area contributed by atoms with E-state index in [2.05, 4.69) is 0 Å². The van der Waals surface area contributed by atoms with Gasteiger partial charge in [-0.2, -0.15) is 0 Å². The monoisotopic (exact) mass is 264 g/mol. The van der Waals surface area contributed by atoms with Crippen molar-refractivity contribution >= 4 is 0 Å². The lowest BCUT2D eigenvalue weighted by Gasteiger charge is -2.34. The maximum Gasteiger partial charge on any atom is 0.111 e. The molecule has 0 heterocycles. The van der Waals surface area contributed by atoms with Gasteiger partial charge in [0.05, 0.1) is 12.7 Å². The molecule has 5 atom stereocenters. The van der Waals surface area contributed by atoms with E-state index in [4.69, 9.17) is 5.11 Å². The van der Waals surface area contributed by atoms with Crippen LogP contribution in [0.5, 0.6) is 0 Å². The van der Waals surface area contributed by atoms with Crippen molar-refractivity contribution in [3.8, 4) is 0 Å². The van der Waals surface area contributed by atoms with Crippen molar-refractivity contribution in [1.82, 2.24) is 0 Å². The van der Waals surface area contributed by atoms with E-state index in [0.717, 1.165) is 32.1 Å². The van der Waals surface area contributed by atoms with E-state index < -0.39 is 37.1 Å². The van der Waals surface area contributed by atoms with Crippen LogP contribution in [0.15, 0.2) is 0 Å². The quantitative estimate of drug-likeness (QED) is 0.342. The van der Waals surface area contributed by atoms with Crippen LogP contribution in [0.2, 0.25) is 0 Å². The van der Waals surface area contributed by atoms with Gasteiger partial charge in [0.1, 0.15) is 24.4 Å². The third kappa shape index (κ3) is 3.88. The maximum absolute atomic E-state index is 9.95. The summed E-state index contributed by atoms with van der Waals surface area (Å²) in [4.78, 5) is 0. The minimum absolute atomic E-state index is 0.0955. The average Bonchev–Trinajstić information content (AvgIpc) is 2.44. The van der Waals surface area contributed by atoms with Gasteiger partial charge in [0.15, 0.2) is 0 Å². The van der Waals surface area contributed by atoms with Crippen LogP contribution < -0.4 is 0 Å². The van der Waals surface area contributed by atoms with Gasteiger partial charge >= 0.3 is 0 Å². The first kappa shape index (κ1) is 15.8. The van der Waals surface area contributed by atoms with Gasteiger partial charge in [0.25, 0.3) is 0 Å². The molecule has 5 unspecified atom stereocenters. The summed E-state index contributed by atoms with van der Waals surface area (Å²) >= 11 is 0. The molecule has 6 nitrogen and oxygen atoms in total. The number of aliphatic hydroxyl groups excluding tert-OH is 6. The van der Waals surface area contributed by atoms with E-state index in [9.17, 15) is 25.5 Å². The lowest BCUT2D eigenvalue weighted by molar-refractivity contribution is -0.150. The summed E-state index contributed by atoms with van der Waals surface area (Å²) in [6.07, 6.45) is -2.91. The van der Waals surface area contributed by atoms with Gasteiger partial charge in [0, 0.05) is 0 Å². The summed E-state index contributed by atoms with van der Waals surface area (Å²) in [5, 5.41) is 56.7. The molecular formula is C12H24O6. The van der Waals surface area contributed by atoms with Gasteiger partial charge in [-0.05, 0) is 18.8 Å². The lowest BCUT2D eigenvalue weighted by Crippen LogP contribution is -2.51. The summed E-state index contributed by atoms with van der Waals surface area (Å²) in [5.41, 5.74) is 0. The van der Waals surface area contributed by atoms with Crippen LogP contribution in [-0.2, 0) is 0 Å². The summed E-state index contributed by atoms with van der Waals surface area (Å²) in [6.45, 7) is -0.718. The smallest absolute Gasteiger partial charge is 0.111 e. The molecule has 6 heteroatoms. The topological polar surface area (TPSA) is 121 Å². The molecule has 108 valence electrons. The van der Waals surface area contributed by atoms with E-state index in [-0.39, 0.29) is 5.92 Å². The number of rotatable bonds is 6. The lowest BCUT2D eigenvalue weighted by atomic mass is 9.81.